The smallest absolute Gasteiger partial charge is 0.252 e. The number of benzene rings is 7. The van der Waals surface area contributed by atoms with Crippen molar-refractivity contribution in [1.29, 1.82) is 0 Å². The maximum atomic E-state index is 15.3. The Labute approximate surface area is 406 Å². The third-order valence-corrected chi connectivity index (χ3v) is 16.6. The monoisotopic (exact) mass is 896 g/mol. The third kappa shape index (κ3) is 6.73. The van der Waals surface area contributed by atoms with Gasteiger partial charge in [-0.3, -0.25) is 0 Å². The molecule has 11 rings (SSSR count). The van der Waals surface area contributed by atoms with Gasteiger partial charge in [-0.1, -0.05) is 149 Å². The van der Waals surface area contributed by atoms with E-state index in [2.05, 4.69) is 219 Å². The van der Waals surface area contributed by atoms with E-state index in [1.807, 2.05) is 12.1 Å². The average Bonchev–Trinajstić information content (AvgIpc) is 3.50. The van der Waals surface area contributed by atoms with Gasteiger partial charge in [-0.25, -0.2) is 4.39 Å². The molecule has 3 heterocycles. The molecule has 0 saturated heterocycles. The average molecular weight is 896 g/mol. The molecule has 0 spiro atoms. The molecule has 0 N–H and O–H groups in total. The Kier molecular flexibility index (Phi) is 9.95. The summed E-state index contributed by atoms with van der Waals surface area (Å²) in [5.41, 5.74) is 21.6. The van der Waals surface area contributed by atoms with Gasteiger partial charge in [0.25, 0.3) is 6.71 Å². The lowest BCUT2D eigenvalue weighted by Crippen LogP contribution is -2.61. The van der Waals surface area contributed by atoms with E-state index in [0.29, 0.717) is 0 Å². The molecule has 5 heteroatoms. The van der Waals surface area contributed by atoms with E-state index in [-0.39, 0.29) is 39.7 Å². The fourth-order valence-corrected chi connectivity index (χ4v) is 12.5. The lowest BCUT2D eigenvalue weighted by Gasteiger charge is -2.50. The highest BCUT2D eigenvalue weighted by Gasteiger charge is 2.58. The molecule has 0 bridgehead atoms. The number of aryl methyl sites for hydroxylation is 1. The lowest BCUT2D eigenvalue weighted by molar-refractivity contribution is 0.194. The van der Waals surface area contributed by atoms with Crippen LogP contribution in [0.15, 0.2) is 140 Å². The van der Waals surface area contributed by atoms with E-state index in [0.717, 1.165) is 48.3 Å². The van der Waals surface area contributed by atoms with E-state index < -0.39 is 0 Å². The summed E-state index contributed by atoms with van der Waals surface area (Å²) in [4.78, 5) is 7.76. The molecule has 0 radical (unpaired) electrons. The molecule has 0 aromatic heterocycles. The van der Waals surface area contributed by atoms with E-state index in [9.17, 15) is 0 Å². The third-order valence-electron chi connectivity index (χ3n) is 16.6. The highest BCUT2D eigenvalue weighted by Crippen LogP contribution is 2.61. The van der Waals surface area contributed by atoms with Crippen molar-refractivity contribution >= 4 is 68.6 Å². The minimum atomic E-state index is -0.217. The topological polar surface area (TPSA) is 9.72 Å². The van der Waals surface area contributed by atoms with Gasteiger partial charge in [0.15, 0.2) is 0 Å². The van der Waals surface area contributed by atoms with Crippen LogP contribution in [0.4, 0.5) is 49.9 Å². The molecular formula is C63H67BFN3. The minimum absolute atomic E-state index is 0.0128. The molecule has 7 aromatic rings. The molecule has 0 amide bonds. The van der Waals surface area contributed by atoms with Crippen molar-refractivity contribution in [3.8, 4) is 11.1 Å². The first-order chi connectivity index (χ1) is 32.2. The standard InChI is InChI=1S/C63H67BFN3/c1-40-34-56-58-57(35-40)67(52-30-23-43(60(5,6)7)36-48(52)41-18-14-13-15-19-41)54-37-44(61(8,9)10)22-28-50(54)64(58)51-29-27-47(39-55(51)66(56)46-25-20-42(21-26-46)59(2,3)4)68-53-31-24-45(65)38-49(53)62(11)32-16-17-33-63(62,68)12/h13-15,18-31,34-39H,16-17,32-33H2,1-12H3. The molecule has 1 saturated carbocycles. The maximum absolute atomic E-state index is 15.3. The van der Waals surface area contributed by atoms with Crippen LogP contribution in [0, 0.1) is 12.7 Å². The number of halogens is 1. The highest BCUT2D eigenvalue weighted by molar-refractivity contribution is 7.00. The molecule has 7 aromatic carbocycles. The minimum Gasteiger partial charge on any atom is -0.334 e. The summed E-state index contributed by atoms with van der Waals surface area (Å²) in [5, 5.41) is 0. The van der Waals surface area contributed by atoms with Crippen molar-refractivity contribution in [1.82, 2.24) is 0 Å². The van der Waals surface area contributed by atoms with Gasteiger partial charge >= 0.3 is 0 Å². The number of hydrogen-bond acceptors (Lipinski definition) is 3. The van der Waals surface area contributed by atoms with Crippen molar-refractivity contribution in [2.45, 2.75) is 136 Å². The van der Waals surface area contributed by atoms with Crippen LogP contribution in [0.2, 0.25) is 0 Å². The van der Waals surface area contributed by atoms with Crippen LogP contribution in [-0.2, 0) is 21.7 Å². The quantitative estimate of drug-likeness (QED) is 0.163. The summed E-state index contributed by atoms with van der Waals surface area (Å²) in [6, 6.07) is 52.5. The molecule has 2 atom stereocenters. The first-order valence-electron chi connectivity index (χ1n) is 25.1. The zero-order valence-corrected chi connectivity index (χ0v) is 42.4. The zero-order valence-electron chi connectivity index (χ0n) is 42.4. The summed E-state index contributed by atoms with van der Waals surface area (Å²) in [6.07, 6.45) is 4.39. The molecule has 68 heavy (non-hydrogen) atoms. The molecule has 3 nitrogen and oxygen atoms in total. The summed E-state index contributed by atoms with van der Waals surface area (Å²) in [6.45, 7) is 27.9. The Morgan fingerprint density at radius 1 is 0.500 bits per heavy atom. The van der Waals surface area contributed by atoms with Crippen LogP contribution in [0.25, 0.3) is 11.1 Å². The second-order valence-corrected chi connectivity index (χ2v) is 24.0. The Morgan fingerprint density at radius 2 is 1.06 bits per heavy atom. The van der Waals surface area contributed by atoms with Crippen molar-refractivity contribution in [3.05, 3.63) is 173 Å². The number of nitrogens with zero attached hydrogens (tertiary/aromatic N) is 3. The van der Waals surface area contributed by atoms with Gasteiger partial charge in [0.1, 0.15) is 5.82 Å². The molecule has 1 aliphatic carbocycles. The van der Waals surface area contributed by atoms with E-state index >= 15 is 4.39 Å². The normalized spacial score (nSPS) is 19.6. The van der Waals surface area contributed by atoms with Crippen LogP contribution in [0.1, 0.15) is 130 Å². The van der Waals surface area contributed by atoms with Crippen LogP contribution in [0.3, 0.4) is 0 Å². The van der Waals surface area contributed by atoms with E-state index in [1.54, 1.807) is 6.07 Å². The van der Waals surface area contributed by atoms with Gasteiger partial charge in [0, 0.05) is 50.8 Å². The molecule has 3 aliphatic heterocycles. The first-order valence-corrected chi connectivity index (χ1v) is 25.1. The highest BCUT2D eigenvalue weighted by atomic mass is 19.1. The number of hydrogen-bond donors (Lipinski definition) is 0. The Bertz CT molecular complexity index is 3150. The van der Waals surface area contributed by atoms with E-state index in [4.69, 9.17) is 0 Å². The van der Waals surface area contributed by atoms with Crippen molar-refractivity contribution in [3.63, 3.8) is 0 Å². The van der Waals surface area contributed by atoms with E-state index in [1.165, 1.54) is 78.2 Å². The van der Waals surface area contributed by atoms with Gasteiger partial charge in [-0.15, -0.1) is 0 Å². The summed E-state index contributed by atoms with van der Waals surface area (Å²) in [7, 11) is 0. The summed E-state index contributed by atoms with van der Waals surface area (Å²) < 4.78 is 15.3. The maximum Gasteiger partial charge on any atom is 0.252 e. The largest absolute Gasteiger partial charge is 0.334 e. The SMILES string of the molecule is Cc1cc2c3c(c1)N(c1ccc(C(C)(C)C)cc1-c1ccccc1)c1cc(C(C)(C)C)ccc1B3c1ccc(N3c4ccc(F)cc4C4(C)CCCCC34C)cc1N2c1ccc(C(C)(C)C)cc1. The molecular weight excluding hydrogens is 829 g/mol. The van der Waals surface area contributed by atoms with Gasteiger partial charge < -0.3 is 14.7 Å². The van der Waals surface area contributed by atoms with Crippen LogP contribution >= 0.6 is 0 Å². The zero-order chi connectivity index (χ0) is 47.9. The van der Waals surface area contributed by atoms with Crippen molar-refractivity contribution in [2.24, 2.45) is 0 Å². The second kappa shape index (κ2) is 15.2. The van der Waals surface area contributed by atoms with Gasteiger partial charge in [-0.2, -0.15) is 0 Å². The molecule has 1 fully saturated rings. The number of fused-ring (bicyclic) bond motifs is 7. The number of anilines is 8. The molecule has 344 valence electrons. The summed E-state index contributed by atoms with van der Waals surface area (Å²) in [5.74, 6) is -0.154. The Balaban J connectivity index is 1.21. The predicted octanol–water partition coefficient (Wildman–Crippen LogP) is 15.5. The van der Waals surface area contributed by atoms with Crippen LogP contribution < -0.4 is 31.1 Å². The Hall–Kier alpha value is -6.07. The van der Waals surface area contributed by atoms with Crippen LogP contribution in [-0.4, -0.2) is 12.3 Å². The molecule has 2 unspecified atom stereocenters. The fraction of sp³-hybridized carbons (Fsp3) is 0.333. The fourth-order valence-electron chi connectivity index (χ4n) is 12.5. The van der Waals surface area contributed by atoms with Gasteiger partial charge in [0.2, 0.25) is 0 Å². The molecule has 4 aliphatic rings. The second-order valence-electron chi connectivity index (χ2n) is 24.0. The van der Waals surface area contributed by atoms with Crippen molar-refractivity contribution < 1.29 is 4.39 Å². The van der Waals surface area contributed by atoms with Gasteiger partial charge in [0.05, 0.1) is 11.2 Å². The van der Waals surface area contributed by atoms with Crippen LogP contribution in [0.5, 0.6) is 0 Å². The first kappa shape index (κ1) is 44.4. The predicted molar refractivity (Wildman–Crippen MR) is 290 cm³/mol. The number of rotatable bonds is 4. The lowest BCUT2D eigenvalue weighted by atomic mass is 9.33. The van der Waals surface area contributed by atoms with Crippen molar-refractivity contribution in [2.75, 3.05) is 14.7 Å². The Morgan fingerprint density at radius 3 is 1.74 bits per heavy atom. The summed E-state index contributed by atoms with van der Waals surface area (Å²) >= 11 is 0. The van der Waals surface area contributed by atoms with Gasteiger partial charge in [-0.05, 0) is 165 Å².